The second-order valence-electron chi connectivity index (χ2n) is 9.73. The summed E-state index contributed by atoms with van der Waals surface area (Å²) in [5.74, 6) is 0.669. The predicted octanol–water partition coefficient (Wildman–Crippen LogP) is 4.57. The number of rotatable bonds is 5. The van der Waals surface area contributed by atoms with Crippen molar-refractivity contribution >= 4 is 22.4 Å². The second kappa shape index (κ2) is 9.06. The Hall–Kier alpha value is -1.92. The lowest BCUT2D eigenvalue weighted by atomic mass is 9.99. The molecule has 0 saturated carbocycles. The highest BCUT2D eigenvalue weighted by Crippen LogP contribution is 2.35. The van der Waals surface area contributed by atoms with E-state index in [0.29, 0.717) is 23.5 Å². The van der Waals surface area contributed by atoms with Crippen LogP contribution in [0.3, 0.4) is 0 Å². The number of nitrogens with one attached hydrogen (secondary N) is 2. The van der Waals surface area contributed by atoms with E-state index in [2.05, 4.69) is 41.3 Å². The van der Waals surface area contributed by atoms with Gasteiger partial charge >= 0.3 is 0 Å². The van der Waals surface area contributed by atoms with E-state index in [1.54, 1.807) is 0 Å². The number of ether oxygens (including phenoxy) is 1. The number of aromatic nitrogens is 1. The highest BCUT2D eigenvalue weighted by atomic mass is 19.1. The standard InChI is InChI=1S/C24H35FN4O/c1-24(2,3)28-18-8-12-29(13-9-18)22-19-6-4-5-7-20(19)27-23(21(22)25)26-16-17-10-14-30-15-11-17/h4-7,17-18,28H,8-16H2,1-3H3,(H,26,27). The molecule has 0 amide bonds. The van der Waals surface area contributed by atoms with Gasteiger partial charge in [-0.25, -0.2) is 9.37 Å². The number of pyridine rings is 1. The zero-order valence-corrected chi connectivity index (χ0v) is 18.5. The number of para-hydroxylation sites is 1. The summed E-state index contributed by atoms with van der Waals surface area (Å²) in [7, 11) is 0. The quantitative estimate of drug-likeness (QED) is 0.751. The Morgan fingerprint density at radius 1 is 1.10 bits per heavy atom. The smallest absolute Gasteiger partial charge is 0.189 e. The molecule has 4 rings (SSSR count). The van der Waals surface area contributed by atoms with Gasteiger partial charge in [-0.3, -0.25) is 0 Å². The summed E-state index contributed by atoms with van der Waals surface area (Å²) in [5.41, 5.74) is 1.64. The van der Waals surface area contributed by atoms with Crippen LogP contribution in [0.25, 0.3) is 10.9 Å². The summed E-state index contributed by atoms with van der Waals surface area (Å²) in [4.78, 5) is 6.83. The van der Waals surface area contributed by atoms with E-state index in [1.165, 1.54) is 0 Å². The van der Waals surface area contributed by atoms with E-state index in [4.69, 9.17) is 4.74 Å². The third kappa shape index (κ3) is 5.03. The number of nitrogens with zero attached hydrogens (tertiary/aromatic N) is 2. The SMILES string of the molecule is CC(C)(C)NC1CCN(c2c(F)c(NCC3CCOCC3)nc3ccccc23)CC1. The first kappa shape index (κ1) is 21.3. The molecule has 0 radical (unpaired) electrons. The van der Waals surface area contributed by atoms with Crippen molar-refractivity contribution in [2.24, 2.45) is 5.92 Å². The zero-order chi connectivity index (χ0) is 21.1. The molecule has 1 aromatic heterocycles. The Labute approximate surface area is 179 Å². The Kier molecular flexibility index (Phi) is 6.44. The molecule has 3 heterocycles. The lowest BCUT2D eigenvalue weighted by molar-refractivity contribution is 0.0699. The minimum Gasteiger partial charge on any atom is -0.381 e. The van der Waals surface area contributed by atoms with Gasteiger partial charge < -0.3 is 20.3 Å². The number of halogens is 1. The third-order valence-corrected chi connectivity index (χ3v) is 6.15. The van der Waals surface area contributed by atoms with Crippen molar-refractivity contribution in [3.63, 3.8) is 0 Å². The average molecular weight is 415 g/mol. The number of piperidine rings is 1. The molecule has 2 aliphatic heterocycles. The fourth-order valence-electron chi connectivity index (χ4n) is 4.65. The molecule has 0 aliphatic carbocycles. The molecule has 30 heavy (non-hydrogen) atoms. The molecule has 2 N–H and O–H groups in total. The Balaban J connectivity index is 1.55. The molecular weight excluding hydrogens is 379 g/mol. The van der Waals surface area contributed by atoms with Crippen LogP contribution in [0.1, 0.15) is 46.5 Å². The van der Waals surface area contributed by atoms with Crippen LogP contribution >= 0.6 is 0 Å². The first-order valence-electron chi connectivity index (χ1n) is 11.3. The minimum absolute atomic E-state index is 0.0999. The predicted molar refractivity (Wildman–Crippen MR) is 122 cm³/mol. The highest BCUT2D eigenvalue weighted by molar-refractivity contribution is 5.94. The molecule has 0 unspecified atom stereocenters. The lowest BCUT2D eigenvalue weighted by Gasteiger charge is -2.38. The minimum atomic E-state index is -0.219. The van der Waals surface area contributed by atoms with Crippen LogP contribution in [0.5, 0.6) is 0 Å². The maximum Gasteiger partial charge on any atom is 0.189 e. The molecule has 1 aromatic carbocycles. The van der Waals surface area contributed by atoms with E-state index in [0.717, 1.165) is 69.4 Å². The summed E-state index contributed by atoms with van der Waals surface area (Å²) in [6.07, 6.45) is 4.06. The van der Waals surface area contributed by atoms with Gasteiger partial charge in [-0.1, -0.05) is 18.2 Å². The highest BCUT2D eigenvalue weighted by Gasteiger charge is 2.27. The third-order valence-electron chi connectivity index (χ3n) is 6.15. The van der Waals surface area contributed by atoms with Gasteiger partial charge in [0.1, 0.15) is 0 Å². The Morgan fingerprint density at radius 3 is 2.50 bits per heavy atom. The molecule has 6 heteroatoms. The van der Waals surface area contributed by atoms with E-state index < -0.39 is 0 Å². The van der Waals surface area contributed by atoms with Crippen molar-refractivity contribution < 1.29 is 9.13 Å². The van der Waals surface area contributed by atoms with Crippen molar-refractivity contribution in [3.05, 3.63) is 30.1 Å². The topological polar surface area (TPSA) is 49.4 Å². The van der Waals surface area contributed by atoms with E-state index in [-0.39, 0.29) is 11.4 Å². The normalized spacial score (nSPS) is 19.4. The molecule has 2 fully saturated rings. The zero-order valence-electron chi connectivity index (χ0n) is 18.5. The van der Waals surface area contributed by atoms with Gasteiger partial charge in [0.15, 0.2) is 11.6 Å². The van der Waals surface area contributed by atoms with Crippen LogP contribution in [-0.2, 0) is 4.74 Å². The average Bonchev–Trinajstić information content (AvgIpc) is 2.73. The van der Waals surface area contributed by atoms with Crippen LogP contribution in [0.2, 0.25) is 0 Å². The maximum atomic E-state index is 15.7. The Morgan fingerprint density at radius 2 is 1.80 bits per heavy atom. The van der Waals surface area contributed by atoms with Gasteiger partial charge in [0, 0.05) is 49.8 Å². The largest absolute Gasteiger partial charge is 0.381 e. The van der Waals surface area contributed by atoms with Gasteiger partial charge in [0.2, 0.25) is 0 Å². The molecule has 2 saturated heterocycles. The van der Waals surface area contributed by atoms with Gasteiger partial charge in [0.25, 0.3) is 0 Å². The van der Waals surface area contributed by atoms with Gasteiger partial charge in [-0.2, -0.15) is 0 Å². The number of hydrogen-bond donors (Lipinski definition) is 2. The maximum absolute atomic E-state index is 15.7. The summed E-state index contributed by atoms with van der Waals surface area (Å²) in [5, 5.41) is 7.91. The van der Waals surface area contributed by atoms with Crippen molar-refractivity contribution in [3.8, 4) is 0 Å². The fourth-order valence-corrected chi connectivity index (χ4v) is 4.65. The summed E-state index contributed by atoms with van der Waals surface area (Å²) >= 11 is 0. The molecule has 2 aliphatic rings. The summed E-state index contributed by atoms with van der Waals surface area (Å²) < 4.78 is 21.1. The van der Waals surface area contributed by atoms with Crippen LogP contribution in [-0.4, -0.2) is 49.4 Å². The van der Waals surface area contributed by atoms with Crippen molar-refractivity contribution in [2.45, 2.75) is 58.0 Å². The second-order valence-corrected chi connectivity index (χ2v) is 9.73. The van der Waals surface area contributed by atoms with Crippen LogP contribution in [0.15, 0.2) is 24.3 Å². The van der Waals surface area contributed by atoms with Crippen molar-refractivity contribution in [2.75, 3.05) is 43.1 Å². The molecule has 0 atom stereocenters. The molecule has 164 valence electrons. The number of anilines is 2. The Bertz CT molecular complexity index is 852. The van der Waals surface area contributed by atoms with E-state index in [9.17, 15) is 0 Å². The van der Waals surface area contributed by atoms with E-state index in [1.807, 2.05) is 24.3 Å². The van der Waals surface area contributed by atoms with E-state index >= 15 is 4.39 Å². The van der Waals surface area contributed by atoms with Crippen LogP contribution in [0, 0.1) is 11.7 Å². The van der Waals surface area contributed by atoms with Gasteiger partial charge in [-0.05, 0) is 58.4 Å². The van der Waals surface area contributed by atoms with Crippen molar-refractivity contribution in [1.29, 1.82) is 0 Å². The van der Waals surface area contributed by atoms with Crippen LogP contribution < -0.4 is 15.5 Å². The monoisotopic (exact) mass is 414 g/mol. The molecule has 2 aromatic rings. The number of fused-ring (bicyclic) bond motifs is 1. The lowest BCUT2D eigenvalue weighted by Crippen LogP contribution is -2.49. The molecule has 0 spiro atoms. The van der Waals surface area contributed by atoms with Gasteiger partial charge in [-0.15, -0.1) is 0 Å². The molecular formula is C24H35FN4O. The first-order valence-corrected chi connectivity index (χ1v) is 11.3. The summed E-state index contributed by atoms with van der Waals surface area (Å²) in [6, 6.07) is 8.38. The van der Waals surface area contributed by atoms with Crippen molar-refractivity contribution in [1.82, 2.24) is 10.3 Å². The number of benzene rings is 1. The molecule has 0 bridgehead atoms. The summed E-state index contributed by atoms with van der Waals surface area (Å²) in [6.45, 7) is 10.6. The fraction of sp³-hybridized carbons (Fsp3) is 0.625. The van der Waals surface area contributed by atoms with Crippen LogP contribution in [0.4, 0.5) is 15.9 Å². The first-order chi connectivity index (χ1) is 14.4. The number of hydrogen-bond acceptors (Lipinski definition) is 5. The van der Waals surface area contributed by atoms with Gasteiger partial charge in [0.05, 0.1) is 11.2 Å². The molecule has 5 nitrogen and oxygen atoms in total.